The Bertz CT molecular complexity index is 625. The Labute approximate surface area is 143 Å². The molecule has 6 nitrogen and oxygen atoms in total. The number of piperidine rings is 1. The van der Waals surface area contributed by atoms with E-state index in [0.717, 1.165) is 49.2 Å². The van der Waals surface area contributed by atoms with Gasteiger partial charge in [0, 0.05) is 37.1 Å². The van der Waals surface area contributed by atoms with Gasteiger partial charge in [-0.05, 0) is 57.3 Å². The van der Waals surface area contributed by atoms with E-state index in [2.05, 4.69) is 30.9 Å². The van der Waals surface area contributed by atoms with Gasteiger partial charge in [-0.3, -0.25) is 4.98 Å². The topological polar surface area (TPSA) is 74.8 Å². The fraction of sp³-hybridized carbons (Fsp3) is 0.500. The van der Waals surface area contributed by atoms with Crippen LogP contribution in [0, 0.1) is 5.92 Å². The van der Waals surface area contributed by atoms with E-state index in [1.165, 1.54) is 19.3 Å². The Balaban J connectivity index is 1.68. The van der Waals surface area contributed by atoms with Gasteiger partial charge in [-0.1, -0.05) is 0 Å². The van der Waals surface area contributed by atoms with Crippen LogP contribution < -0.4 is 16.0 Å². The third-order valence-corrected chi connectivity index (χ3v) is 4.34. The van der Waals surface area contributed by atoms with Gasteiger partial charge in [-0.15, -0.1) is 0 Å². The molecule has 0 saturated carbocycles. The van der Waals surface area contributed by atoms with Crippen LogP contribution in [-0.2, 0) is 0 Å². The number of anilines is 2. The third-order valence-electron chi connectivity index (χ3n) is 4.34. The van der Waals surface area contributed by atoms with Crippen LogP contribution >= 0.6 is 0 Å². The van der Waals surface area contributed by atoms with Gasteiger partial charge in [-0.25, -0.2) is 4.98 Å². The van der Waals surface area contributed by atoms with Gasteiger partial charge in [0.25, 0.3) is 0 Å². The Hall–Kier alpha value is -2.21. The van der Waals surface area contributed by atoms with Crippen LogP contribution in [0.4, 0.5) is 11.8 Å². The van der Waals surface area contributed by atoms with Crippen molar-refractivity contribution in [2.24, 2.45) is 5.92 Å². The van der Waals surface area contributed by atoms with Crippen LogP contribution in [0.2, 0.25) is 0 Å². The molecule has 0 bridgehead atoms. The van der Waals surface area contributed by atoms with Crippen LogP contribution in [0.25, 0.3) is 11.3 Å². The van der Waals surface area contributed by atoms with Crippen LogP contribution in [0.15, 0.2) is 30.6 Å². The summed E-state index contributed by atoms with van der Waals surface area (Å²) >= 11 is 0. The normalized spacial score (nSPS) is 15.2. The van der Waals surface area contributed by atoms with E-state index >= 15 is 0 Å². The molecule has 0 amide bonds. The van der Waals surface area contributed by atoms with Crippen LogP contribution in [-0.4, -0.2) is 41.1 Å². The maximum Gasteiger partial charge on any atom is 0.225 e. The van der Waals surface area contributed by atoms with E-state index in [1.54, 1.807) is 6.20 Å². The van der Waals surface area contributed by atoms with E-state index in [9.17, 15) is 0 Å². The molecule has 3 N–H and O–H groups in total. The third kappa shape index (κ3) is 4.64. The Morgan fingerprint density at radius 3 is 2.83 bits per heavy atom. The molecular formula is C18H26N6. The zero-order chi connectivity index (χ0) is 16.6. The van der Waals surface area contributed by atoms with Crippen molar-refractivity contribution in [2.45, 2.75) is 26.2 Å². The second kappa shape index (κ2) is 8.59. The molecule has 0 aliphatic carbocycles. The minimum absolute atomic E-state index is 0.656. The predicted molar refractivity (Wildman–Crippen MR) is 98.1 cm³/mol. The number of hydrogen-bond donors (Lipinski definition) is 3. The largest absolute Gasteiger partial charge is 0.370 e. The van der Waals surface area contributed by atoms with Crippen LogP contribution in [0.5, 0.6) is 0 Å². The molecule has 1 aliphatic rings. The quantitative estimate of drug-likeness (QED) is 0.726. The molecule has 1 saturated heterocycles. The summed E-state index contributed by atoms with van der Waals surface area (Å²) in [6, 6.07) is 5.94. The second-order valence-corrected chi connectivity index (χ2v) is 6.14. The number of aromatic nitrogens is 3. The van der Waals surface area contributed by atoms with Crippen molar-refractivity contribution in [2.75, 3.05) is 36.8 Å². The first-order valence-electron chi connectivity index (χ1n) is 8.83. The van der Waals surface area contributed by atoms with Gasteiger partial charge in [0.05, 0.1) is 5.69 Å². The van der Waals surface area contributed by atoms with Gasteiger partial charge < -0.3 is 16.0 Å². The molecule has 128 valence electrons. The molecule has 1 fully saturated rings. The summed E-state index contributed by atoms with van der Waals surface area (Å²) in [5, 5.41) is 10.1. The molecule has 2 aromatic heterocycles. The van der Waals surface area contributed by atoms with E-state index < -0.39 is 0 Å². The maximum absolute atomic E-state index is 4.58. The lowest BCUT2D eigenvalue weighted by Gasteiger charge is -2.22. The Kier molecular flexibility index (Phi) is 5.96. The number of rotatable bonds is 7. The van der Waals surface area contributed by atoms with Gasteiger partial charge >= 0.3 is 0 Å². The molecule has 0 radical (unpaired) electrons. The highest BCUT2D eigenvalue weighted by atomic mass is 15.1. The number of nitrogens with one attached hydrogen (secondary N) is 3. The summed E-state index contributed by atoms with van der Waals surface area (Å²) in [6.07, 6.45) is 7.33. The second-order valence-electron chi connectivity index (χ2n) is 6.14. The summed E-state index contributed by atoms with van der Waals surface area (Å²) in [6.45, 7) is 6.08. The first-order chi connectivity index (χ1) is 11.8. The zero-order valence-electron chi connectivity index (χ0n) is 14.3. The first-order valence-corrected chi connectivity index (χ1v) is 8.83. The van der Waals surface area contributed by atoms with Crippen molar-refractivity contribution in [3.05, 3.63) is 30.6 Å². The highest BCUT2D eigenvalue weighted by Gasteiger charge is 2.13. The number of pyridine rings is 1. The van der Waals surface area contributed by atoms with Crippen LogP contribution in [0.1, 0.15) is 26.2 Å². The van der Waals surface area contributed by atoms with E-state index in [0.29, 0.717) is 5.95 Å². The molecule has 24 heavy (non-hydrogen) atoms. The molecule has 6 heteroatoms. The molecule has 2 aromatic rings. The van der Waals surface area contributed by atoms with E-state index in [4.69, 9.17) is 0 Å². The molecule has 0 unspecified atom stereocenters. The summed E-state index contributed by atoms with van der Waals surface area (Å²) in [7, 11) is 0. The highest BCUT2D eigenvalue weighted by molar-refractivity contribution is 5.63. The van der Waals surface area contributed by atoms with E-state index in [1.807, 2.05) is 31.3 Å². The lowest BCUT2D eigenvalue weighted by molar-refractivity contribution is 0.361. The van der Waals surface area contributed by atoms with Crippen molar-refractivity contribution < 1.29 is 0 Å². The molecule has 0 atom stereocenters. The lowest BCUT2D eigenvalue weighted by Crippen LogP contribution is -2.28. The number of nitrogens with zero attached hydrogens (tertiary/aromatic N) is 3. The number of hydrogen-bond acceptors (Lipinski definition) is 6. The molecule has 0 spiro atoms. The standard InChI is InChI=1S/C18H26N6/c1-2-21-18-23-16(15-4-3-8-20-13-15)12-17(24-18)22-11-7-14-5-9-19-10-6-14/h3-4,8,12-14,19H,2,5-7,9-11H2,1H3,(H2,21,22,23,24). The molecule has 3 rings (SSSR count). The van der Waals surface area contributed by atoms with E-state index in [-0.39, 0.29) is 0 Å². The minimum atomic E-state index is 0.656. The molecular weight excluding hydrogens is 300 g/mol. The Morgan fingerprint density at radius 2 is 2.08 bits per heavy atom. The first kappa shape index (κ1) is 16.6. The van der Waals surface area contributed by atoms with Crippen molar-refractivity contribution >= 4 is 11.8 Å². The average molecular weight is 326 g/mol. The Morgan fingerprint density at radius 1 is 1.21 bits per heavy atom. The van der Waals surface area contributed by atoms with Crippen molar-refractivity contribution in [1.29, 1.82) is 0 Å². The summed E-state index contributed by atoms with van der Waals surface area (Å²) in [5.74, 6) is 2.34. The average Bonchev–Trinajstić information content (AvgIpc) is 2.63. The fourth-order valence-electron chi connectivity index (χ4n) is 3.01. The van der Waals surface area contributed by atoms with Crippen molar-refractivity contribution in [3.63, 3.8) is 0 Å². The molecule has 0 aromatic carbocycles. The SMILES string of the molecule is CCNc1nc(NCCC2CCNCC2)cc(-c2cccnc2)n1. The smallest absolute Gasteiger partial charge is 0.225 e. The van der Waals surface area contributed by atoms with Gasteiger partial charge in [0.2, 0.25) is 5.95 Å². The van der Waals surface area contributed by atoms with Gasteiger partial charge in [0.15, 0.2) is 0 Å². The summed E-state index contributed by atoms with van der Waals surface area (Å²) in [4.78, 5) is 13.3. The summed E-state index contributed by atoms with van der Waals surface area (Å²) < 4.78 is 0. The van der Waals surface area contributed by atoms with Crippen LogP contribution in [0.3, 0.4) is 0 Å². The highest BCUT2D eigenvalue weighted by Crippen LogP contribution is 2.21. The van der Waals surface area contributed by atoms with Crippen molar-refractivity contribution in [3.8, 4) is 11.3 Å². The predicted octanol–water partition coefficient (Wildman–Crippen LogP) is 2.77. The zero-order valence-corrected chi connectivity index (χ0v) is 14.3. The fourth-order valence-corrected chi connectivity index (χ4v) is 3.01. The van der Waals surface area contributed by atoms with Gasteiger partial charge in [0.1, 0.15) is 5.82 Å². The van der Waals surface area contributed by atoms with Crippen molar-refractivity contribution in [1.82, 2.24) is 20.3 Å². The van der Waals surface area contributed by atoms with Gasteiger partial charge in [-0.2, -0.15) is 4.98 Å². The monoisotopic (exact) mass is 326 g/mol. The minimum Gasteiger partial charge on any atom is -0.370 e. The summed E-state index contributed by atoms with van der Waals surface area (Å²) in [5.41, 5.74) is 1.89. The maximum atomic E-state index is 4.58. The molecule has 3 heterocycles. The lowest BCUT2D eigenvalue weighted by atomic mass is 9.95. The molecule has 1 aliphatic heterocycles.